The van der Waals surface area contributed by atoms with Crippen molar-refractivity contribution < 1.29 is 0 Å². The number of hydrogen-bond donors (Lipinski definition) is 0. The fourth-order valence-corrected chi connectivity index (χ4v) is 3.70. The first-order valence-corrected chi connectivity index (χ1v) is 7.05. The van der Waals surface area contributed by atoms with Crippen LogP contribution in [0.1, 0.15) is 55.2 Å². The smallest absolute Gasteiger partial charge is 0.0127 e. The molecule has 0 bridgehead atoms. The van der Waals surface area contributed by atoms with Crippen molar-refractivity contribution in [2.75, 3.05) is 0 Å². The second-order valence-electron chi connectivity index (χ2n) is 5.51. The molecular weight excluding hydrogens is 216 g/mol. The van der Waals surface area contributed by atoms with Crippen LogP contribution in [0.25, 0.3) is 5.57 Å². The van der Waals surface area contributed by atoms with Gasteiger partial charge in [-0.3, -0.25) is 0 Å². The molecule has 1 aromatic carbocycles. The summed E-state index contributed by atoms with van der Waals surface area (Å²) in [5.74, 6) is 1.80. The van der Waals surface area contributed by atoms with E-state index in [4.69, 9.17) is 0 Å². The number of benzene rings is 1. The van der Waals surface area contributed by atoms with Crippen LogP contribution < -0.4 is 0 Å². The van der Waals surface area contributed by atoms with Crippen molar-refractivity contribution in [3.8, 4) is 0 Å². The highest BCUT2D eigenvalue weighted by Crippen LogP contribution is 2.48. The van der Waals surface area contributed by atoms with Gasteiger partial charge in [-0.05, 0) is 54.7 Å². The molecule has 2 aliphatic carbocycles. The molecule has 0 aliphatic heterocycles. The summed E-state index contributed by atoms with van der Waals surface area (Å²) in [5, 5.41) is 0. The highest BCUT2D eigenvalue weighted by molar-refractivity contribution is 5.67. The first kappa shape index (κ1) is 13.1. The molecular formula is C18H24. The molecule has 0 heteroatoms. The van der Waals surface area contributed by atoms with Gasteiger partial charge in [0.25, 0.3) is 0 Å². The van der Waals surface area contributed by atoms with E-state index in [1.54, 1.807) is 11.1 Å². The summed E-state index contributed by atoms with van der Waals surface area (Å²) in [7, 11) is 0. The molecule has 1 saturated carbocycles. The van der Waals surface area contributed by atoms with E-state index < -0.39 is 0 Å². The molecule has 2 aliphatic rings. The topological polar surface area (TPSA) is 0 Å². The van der Waals surface area contributed by atoms with Crippen LogP contribution in [-0.4, -0.2) is 0 Å². The van der Waals surface area contributed by atoms with Crippen LogP contribution in [0.3, 0.4) is 0 Å². The van der Waals surface area contributed by atoms with Gasteiger partial charge in [0.05, 0.1) is 0 Å². The molecule has 3 rings (SSSR count). The van der Waals surface area contributed by atoms with E-state index in [0.29, 0.717) is 0 Å². The van der Waals surface area contributed by atoms with E-state index in [-0.39, 0.29) is 0 Å². The van der Waals surface area contributed by atoms with Gasteiger partial charge < -0.3 is 0 Å². The van der Waals surface area contributed by atoms with E-state index in [1.165, 1.54) is 43.2 Å². The molecule has 0 heterocycles. The molecule has 0 spiro atoms. The van der Waals surface area contributed by atoms with Gasteiger partial charge in [-0.15, -0.1) is 13.2 Å². The van der Waals surface area contributed by atoms with Crippen molar-refractivity contribution in [1.82, 2.24) is 0 Å². The van der Waals surface area contributed by atoms with Crippen molar-refractivity contribution in [3.63, 3.8) is 0 Å². The standard InChI is InChI=1S/C16H20.C2H4/c1-11(2)13-8-5-9-15-14-7-4-3-6-12(14)10-16(13)15;1-2/h5,8-9,12,14H,1,3-4,6-7,10H2,2H3;1-2H2. The summed E-state index contributed by atoms with van der Waals surface area (Å²) in [6.45, 7) is 12.3. The van der Waals surface area contributed by atoms with Gasteiger partial charge in [0.1, 0.15) is 0 Å². The Morgan fingerprint density at radius 2 is 1.89 bits per heavy atom. The minimum Gasteiger partial charge on any atom is -0.106 e. The molecule has 0 nitrogen and oxygen atoms in total. The molecule has 96 valence electrons. The van der Waals surface area contributed by atoms with Crippen LogP contribution in [0.5, 0.6) is 0 Å². The lowest BCUT2D eigenvalue weighted by Crippen LogP contribution is -2.12. The minimum absolute atomic E-state index is 0.864. The fourth-order valence-electron chi connectivity index (χ4n) is 3.70. The van der Waals surface area contributed by atoms with Crippen LogP contribution in [0, 0.1) is 5.92 Å². The molecule has 18 heavy (non-hydrogen) atoms. The minimum atomic E-state index is 0.864. The maximum absolute atomic E-state index is 4.12. The SMILES string of the molecule is C=C.C=C(C)c1cccc2c1CC1CCCCC21. The summed E-state index contributed by atoms with van der Waals surface area (Å²) in [5.41, 5.74) is 5.92. The lowest BCUT2D eigenvalue weighted by atomic mass is 9.80. The van der Waals surface area contributed by atoms with Crippen molar-refractivity contribution in [1.29, 1.82) is 0 Å². The Hall–Kier alpha value is -1.30. The van der Waals surface area contributed by atoms with Crippen LogP contribution in [0.2, 0.25) is 0 Å². The lowest BCUT2D eigenvalue weighted by Gasteiger charge is -2.25. The van der Waals surface area contributed by atoms with Gasteiger partial charge in [-0.25, -0.2) is 0 Å². The van der Waals surface area contributed by atoms with E-state index in [2.05, 4.69) is 44.9 Å². The zero-order valence-corrected chi connectivity index (χ0v) is 11.5. The van der Waals surface area contributed by atoms with Crippen molar-refractivity contribution in [2.24, 2.45) is 5.92 Å². The maximum atomic E-state index is 4.12. The molecule has 0 saturated heterocycles. The molecule has 0 N–H and O–H groups in total. The van der Waals surface area contributed by atoms with Crippen molar-refractivity contribution in [2.45, 2.75) is 44.9 Å². The average Bonchev–Trinajstić information content (AvgIpc) is 2.79. The normalized spacial score (nSPS) is 24.5. The average molecular weight is 240 g/mol. The van der Waals surface area contributed by atoms with Crippen LogP contribution in [0.15, 0.2) is 37.9 Å². The molecule has 0 aromatic heterocycles. The predicted molar refractivity (Wildman–Crippen MR) is 80.8 cm³/mol. The van der Waals surface area contributed by atoms with E-state index in [0.717, 1.165) is 11.8 Å². The van der Waals surface area contributed by atoms with Gasteiger partial charge >= 0.3 is 0 Å². The third kappa shape index (κ3) is 2.16. The van der Waals surface area contributed by atoms with Gasteiger partial charge in [-0.2, -0.15) is 0 Å². The Balaban J connectivity index is 0.000000574. The second kappa shape index (κ2) is 5.56. The Labute approximate surface area is 111 Å². The lowest BCUT2D eigenvalue weighted by molar-refractivity contribution is 0.330. The van der Waals surface area contributed by atoms with Crippen LogP contribution in [0.4, 0.5) is 0 Å². The monoisotopic (exact) mass is 240 g/mol. The molecule has 0 radical (unpaired) electrons. The molecule has 2 atom stereocenters. The predicted octanol–water partition coefficient (Wildman–Crippen LogP) is 5.35. The zero-order chi connectivity index (χ0) is 13.1. The summed E-state index contributed by atoms with van der Waals surface area (Å²) >= 11 is 0. The van der Waals surface area contributed by atoms with Crippen LogP contribution in [-0.2, 0) is 6.42 Å². The number of allylic oxidation sites excluding steroid dienone is 1. The molecule has 2 unspecified atom stereocenters. The molecule has 1 aromatic rings. The highest BCUT2D eigenvalue weighted by atomic mass is 14.4. The Bertz CT molecular complexity index is 441. The Kier molecular flexibility index (Phi) is 4.06. The first-order chi connectivity index (χ1) is 8.77. The van der Waals surface area contributed by atoms with E-state index in [9.17, 15) is 0 Å². The largest absolute Gasteiger partial charge is 0.106 e. The van der Waals surface area contributed by atoms with Crippen molar-refractivity contribution in [3.05, 3.63) is 54.6 Å². The summed E-state index contributed by atoms with van der Waals surface area (Å²) in [4.78, 5) is 0. The van der Waals surface area contributed by atoms with Crippen molar-refractivity contribution >= 4 is 5.57 Å². The van der Waals surface area contributed by atoms with E-state index >= 15 is 0 Å². The van der Waals surface area contributed by atoms with Gasteiger partial charge in [0, 0.05) is 0 Å². The van der Waals surface area contributed by atoms with Gasteiger partial charge in [0.2, 0.25) is 0 Å². The number of hydrogen-bond acceptors (Lipinski definition) is 0. The van der Waals surface area contributed by atoms with Gasteiger partial charge in [-0.1, -0.05) is 43.2 Å². The summed E-state index contributed by atoms with van der Waals surface area (Å²) in [6, 6.07) is 6.83. The maximum Gasteiger partial charge on any atom is -0.0127 e. The third-order valence-corrected chi connectivity index (χ3v) is 4.45. The second-order valence-corrected chi connectivity index (χ2v) is 5.51. The summed E-state index contributed by atoms with van der Waals surface area (Å²) in [6.07, 6.45) is 7.03. The van der Waals surface area contributed by atoms with E-state index in [1.807, 2.05) is 0 Å². The molecule has 0 amide bonds. The summed E-state index contributed by atoms with van der Waals surface area (Å²) < 4.78 is 0. The number of fused-ring (bicyclic) bond motifs is 3. The van der Waals surface area contributed by atoms with Gasteiger partial charge in [0.15, 0.2) is 0 Å². The Morgan fingerprint density at radius 1 is 1.17 bits per heavy atom. The van der Waals surface area contributed by atoms with Crippen LogP contribution >= 0.6 is 0 Å². The first-order valence-electron chi connectivity index (χ1n) is 7.05. The number of rotatable bonds is 1. The zero-order valence-electron chi connectivity index (χ0n) is 11.5. The quantitative estimate of drug-likeness (QED) is 0.580. The Morgan fingerprint density at radius 3 is 2.61 bits per heavy atom. The molecule has 1 fully saturated rings. The fraction of sp³-hybridized carbons (Fsp3) is 0.444. The third-order valence-electron chi connectivity index (χ3n) is 4.45. The highest BCUT2D eigenvalue weighted by Gasteiger charge is 2.34.